The maximum absolute atomic E-state index is 11.0. The quantitative estimate of drug-likeness (QED) is 0.787. The van der Waals surface area contributed by atoms with Crippen LogP contribution in [0.25, 0.3) is 0 Å². The Labute approximate surface area is 83.0 Å². The van der Waals surface area contributed by atoms with Crippen LogP contribution in [0.5, 0.6) is 0 Å². The third kappa shape index (κ3) is 3.59. The maximum Gasteiger partial charge on any atom is 0.219 e. The molecule has 1 N–H and O–H groups in total. The van der Waals surface area contributed by atoms with Gasteiger partial charge in [0.15, 0.2) is 0 Å². The highest BCUT2D eigenvalue weighted by atomic mass is 32.1. The molecule has 0 spiro atoms. The molecule has 0 bridgehead atoms. The summed E-state index contributed by atoms with van der Waals surface area (Å²) in [6.07, 6.45) is 1.50. The zero-order valence-electron chi connectivity index (χ0n) is 8.04. The Morgan fingerprint density at radius 2 is 2.46 bits per heavy atom. The van der Waals surface area contributed by atoms with Gasteiger partial charge < -0.3 is 5.32 Å². The third-order valence-electron chi connectivity index (χ3n) is 1.82. The van der Waals surface area contributed by atoms with Crippen LogP contribution in [0.4, 0.5) is 0 Å². The number of thiophene rings is 1. The molecule has 0 aliphatic heterocycles. The number of hydrogen-bond donors (Lipinski definition) is 1. The first-order chi connectivity index (χ1) is 6.22. The van der Waals surface area contributed by atoms with Crippen LogP contribution in [-0.2, 0) is 11.2 Å². The van der Waals surface area contributed by atoms with E-state index >= 15 is 0 Å². The standard InChI is InChI=1S/C10H15NOS/c1-3-10(12)11-8(2)7-9-5-4-6-13-9/h4-6,8H,3,7H2,1-2H3,(H,11,12). The lowest BCUT2D eigenvalue weighted by molar-refractivity contribution is -0.121. The lowest BCUT2D eigenvalue weighted by Gasteiger charge is -2.11. The fourth-order valence-electron chi connectivity index (χ4n) is 1.16. The molecule has 1 unspecified atom stereocenters. The minimum Gasteiger partial charge on any atom is -0.353 e. The highest BCUT2D eigenvalue weighted by molar-refractivity contribution is 7.09. The van der Waals surface area contributed by atoms with Gasteiger partial charge in [-0.1, -0.05) is 13.0 Å². The molecule has 1 heterocycles. The summed E-state index contributed by atoms with van der Waals surface area (Å²) in [6.45, 7) is 3.90. The van der Waals surface area contributed by atoms with Crippen molar-refractivity contribution in [2.24, 2.45) is 0 Å². The van der Waals surface area contributed by atoms with Crippen LogP contribution in [0, 0.1) is 0 Å². The molecule has 0 saturated carbocycles. The van der Waals surface area contributed by atoms with E-state index in [1.807, 2.05) is 19.9 Å². The monoisotopic (exact) mass is 197 g/mol. The van der Waals surface area contributed by atoms with Crippen molar-refractivity contribution in [3.05, 3.63) is 22.4 Å². The molecule has 1 aromatic rings. The number of amides is 1. The van der Waals surface area contributed by atoms with Gasteiger partial charge in [0.05, 0.1) is 0 Å². The molecule has 0 aromatic carbocycles. The van der Waals surface area contributed by atoms with Gasteiger partial charge >= 0.3 is 0 Å². The van der Waals surface area contributed by atoms with Crippen LogP contribution in [0.2, 0.25) is 0 Å². The SMILES string of the molecule is CCC(=O)NC(C)Cc1cccs1. The van der Waals surface area contributed by atoms with E-state index in [9.17, 15) is 4.79 Å². The molecular weight excluding hydrogens is 182 g/mol. The van der Waals surface area contributed by atoms with E-state index in [1.54, 1.807) is 11.3 Å². The van der Waals surface area contributed by atoms with Crippen molar-refractivity contribution in [3.8, 4) is 0 Å². The van der Waals surface area contributed by atoms with E-state index in [-0.39, 0.29) is 11.9 Å². The number of carbonyl (C=O) groups excluding carboxylic acids is 1. The Hall–Kier alpha value is -0.830. The molecule has 0 radical (unpaired) electrons. The average Bonchev–Trinajstić information content (AvgIpc) is 2.56. The molecule has 2 nitrogen and oxygen atoms in total. The largest absolute Gasteiger partial charge is 0.353 e. The van der Waals surface area contributed by atoms with Crippen LogP contribution in [0.15, 0.2) is 17.5 Å². The van der Waals surface area contributed by atoms with Crippen LogP contribution in [0.3, 0.4) is 0 Å². The molecule has 72 valence electrons. The minimum atomic E-state index is 0.129. The van der Waals surface area contributed by atoms with Crippen molar-refractivity contribution in [1.29, 1.82) is 0 Å². The van der Waals surface area contributed by atoms with Gasteiger partial charge in [0, 0.05) is 23.8 Å². The summed E-state index contributed by atoms with van der Waals surface area (Å²) in [4.78, 5) is 12.4. The first-order valence-electron chi connectivity index (χ1n) is 4.54. The summed E-state index contributed by atoms with van der Waals surface area (Å²) in [5.74, 6) is 0.129. The summed E-state index contributed by atoms with van der Waals surface area (Å²) in [7, 11) is 0. The van der Waals surface area contributed by atoms with E-state index in [4.69, 9.17) is 0 Å². The molecule has 0 aliphatic rings. The van der Waals surface area contributed by atoms with Gasteiger partial charge in [0.25, 0.3) is 0 Å². The van der Waals surface area contributed by atoms with E-state index in [2.05, 4.69) is 16.8 Å². The number of hydrogen-bond acceptors (Lipinski definition) is 2. The molecule has 1 amide bonds. The zero-order chi connectivity index (χ0) is 9.68. The molecule has 1 rings (SSSR count). The van der Waals surface area contributed by atoms with E-state index in [0.717, 1.165) is 6.42 Å². The average molecular weight is 197 g/mol. The van der Waals surface area contributed by atoms with Crippen molar-refractivity contribution in [3.63, 3.8) is 0 Å². The summed E-state index contributed by atoms with van der Waals surface area (Å²) in [6, 6.07) is 4.37. The second kappa shape index (κ2) is 5.02. The Bertz CT molecular complexity index is 256. The second-order valence-corrected chi connectivity index (χ2v) is 4.14. The van der Waals surface area contributed by atoms with Crippen molar-refractivity contribution in [1.82, 2.24) is 5.32 Å². The van der Waals surface area contributed by atoms with Gasteiger partial charge in [-0.15, -0.1) is 11.3 Å². The van der Waals surface area contributed by atoms with Gasteiger partial charge in [-0.3, -0.25) is 4.79 Å². The Morgan fingerprint density at radius 1 is 1.69 bits per heavy atom. The van der Waals surface area contributed by atoms with Gasteiger partial charge in [-0.05, 0) is 18.4 Å². The van der Waals surface area contributed by atoms with Crippen LogP contribution in [0.1, 0.15) is 25.1 Å². The summed E-state index contributed by atoms with van der Waals surface area (Å²) in [5, 5.41) is 4.99. The van der Waals surface area contributed by atoms with Gasteiger partial charge in [-0.25, -0.2) is 0 Å². The van der Waals surface area contributed by atoms with E-state index in [1.165, 1.54) is 4.88 Å². The highest BCUT2D eigenvalue weighted by Gasteiger charge is 2.06. The summed E-state index contributed by atoms with van der Waals surface area (Å²) < 4.78 is 0. The van der Waals surface area contributed by atoms with Crippen molar-refractivity contribution < 1.29 is 4.79 Å². The van der Waals surface area contributed by atoms with Gasteiger partial charge in [0.2, 0.25) is 5.91 Å². The Morgan fingerprint density at radius 3 is 3.00 bits per heavy atom. The number of rotatable bonds is 4. The first kappa shape index (κ1) is 10.3. The number of nitrogens with one attached hydrogen (secondary N) is 1. The third-order valence-corrected chi connectivity index (χ3v) is 2.71. The first-order valence-corrected chi connectivity index (χ1v) is 5.42. The summed E-state index contributed by atoms with van der Waals surface area (Å²) in [5.41, 5.74) is 0. The fraction of sp³-hybridized carbons (Fsp3) is 0.500. The van der Waals surface area contributed by atoms with Crippen molar-refractivity contribution in [2.75, 3.05) is 0 Å². The van der Waals surface area contributed by atoms with Crippen LogP contribution >= 0.6 is 11.3 Å². The topological polar surface area (TPSA) is 29.1 Å². The van der Waals surface area contributed by atoms with Crippen molar-refractivity contribution >= 4 is 17.2 Å². The molecule has 3 heteroatoms. The smallest absolute Gasteiger partial charge is 0.219 e. The lowest BCUT2D eigenvalue weighted by Crippen LogP contribution is -2.33. The fourth-order valence-corrected chi connectivity index (χ4v) is 1.99. The molecule has 0 fully saturated rings. The van der Waals surface area contributed by atoms with Crippen LogP contribution < -0.4 is 5.32 Å². The minimum absolute atomic E-state index is 0.129. The second-order valence-electron chi connectivity index (χ2n) is 3.11. The molecule has 0 aliphatic carbocycles. The Balaban J connectivity index is 2.33. The van der Waals surface area contributed by atoms with E-state index < -0.39 is 0 Å². The zero-order valence-corrected chi connectivity index (χ0v) is 8.86. The maximum atomic E-state index is 11.0. The van der Waals surface area contributed by atoms with Gasteiger partial charge in [-0.2, -0.15) is 0 Å². The predicted molar refractivity (Wildman–Crippen MR) is 55.9 cm³/mol. The summed E-state index contributed by atoms with van der Waals surface area (Å²) >= 11 is 1.73. The molecule has 0 saturated heterocycles. The Kier molecular flexibility index (Phi) is 3.96. The number of carbonyl (C=O) groups is 1. The predicted octanol–water partition coefficient (Wildman–Crippen LogP) is 2.21. The van der Waals surface area contributed by atoms with Gasteiger partial charge in [0.1, 0.15) is 0 Å². The van der Waals surface area contributed by atoms with Crippen LogP contribution in [-0.4, -0.2) is 11.9 Å². The van der Waals surface area contributed by atoms with E-state index in [0.29, 0.717) is 6.42 Å². The molecule has 1 aromatic heterocycles. The normalized spacial score (nSPS) is 12.5. The van der Waals surface area contributed by atoms with Crippen molar-refractivity contribution in [2.45, 2.75) is 32.7 Å². The molecule has 1 atom stereocenters. The molecular formula is C10H15NOS. The lowest BCUT2D eigenvalue weighted by atomic mass is 10.2. The molecule has 13 heavy (non-hydrogen) atoms. The highest BCUT2D eigenvalue weighted by Crippen LogP contribution is 2.10.